The Labute approximate surface area is 130 Å². The first-order valence-electron chi connectivity index (χ1n) is 7.87. The number of aromatic nitrogens is 1. The van der Waals surface area contributed by atoms with Gasteiger partial charge in [0.1, 0.15) is 5.82 Å². The minimum Gasteiger partial charge on any atom is -0.330 e. The third-order valence-electron chi connectivity index (χ3n) is 4.77. The fourth-order valence-corrected chi connectivity index (χ4v) is 3.58. The van der Waals surface area contributed by atoms with Gasteiger partial charge in [0.05, 0.1) is 12.1 Å². The molecule has 1 aliphatic carbocycles. The van der Waals surface area contributed by atoms with Crippen molar-refractivity contribution in [2.75, 3.05) is 11.4 Å². The minimum absolute atomic E-state index is 0.0122. The topological polar surface area (TPSA) is 45.2 Å². The van der Waals surface area contributed by atoms with Crippen LogP contribution in [0.25, 0.3) is 11.1 Å². The van der Waals surface area contributed by atoms with Crippen LogP contribution in [0.15, 0.2) is 48.7 Å². The van der Waals surface area contributed by atoms with Crippen molar-refractivity contribution in [3.63, 3.8) is 0 Å². The van der Waals surface area contributed by atoms with E-state index in [4.69, 9.17) is 0 Å². The van der Waals surface area contributed by atoms with E-state index in [9.17, 15) is 4.79 Å². The summed E-state index contributed by atoms with van der Waals surface area (Å²) in [5.74, 6) is 0.737. The highest BCUT2D eigenvalue weighted by molar-refractivity contribution is 5.94. The van der Waals surface area contributed by atoms with Crippen LogP contribution in [0.5, 0.6) is 0 Å². The Morgan fingerprint density at radius 1 is 1.00 bits per heavy atom. The number of hydrogen-bond donors (Lipinski definition) is 1. The summed E-state index contributed by atoms with van der Waals surface area (Å²) in [5, 5.41) is 3.17. The van der Waals surface area contributed by atoms with Crippen molar-refractivity contribution in [2.24, 2.45) is 0 Å². The maximum Gasteiger partial charge on any atom is 0.323 e. The number of carbonyl (C=O) groups excluding carboxylic acids is 1. The molecule has 4 heteroatoms. The van der Waals surface area contributed by atoms with Crippen LogP contribution in [0.2, 0.25) is 0 Å². The molecule has 0 unspecified atom stereocenters. The number of carbonyl (C=O) groups is 1. The van der Waals surface area contributed by atoms with Gasteiger partial charge in [-0.05, 0) is 30.5 Å². The predicted molar refractivity (Wildman–Crippen MR) is 86.7 cm³/mol. The Balaban J connectivity index is 1.57. The van der Waals surface area contributed by atoms with E-state index in [1.54, 1.807) is 4.90 Å². The summed E-state index contributed by atoms with van der Waals surface area (Å²) < 4.78 is 0. The molecule has 1 aliphatic heterocycles. The van der Waals surface area contributed by atoms with Crippen LogP contribution in [0.4, 0.5) is 10.6 Å². The highest BCUT2D eigenvalue weighted by Gasteiger charge is 2.44. The summed E-state index contributed by atoms with van der Waals surface area (Å²) in [7, 11) is 0. The average Bonchev–Trinajstić information content (AvgIpc) is 3.15. The van der Waals surface area contributed by atoms with Gasteiger partial charge in [-0.3, -0.25) is 4.90 Å². The molecule has 112 valence electrons. The first-order chi connectivity index (χ1) is 10.8. The molecule has 4 nitrogen and oxygen atoms in total. The quantitative estimate of drug-likeness (QED) is 0.919. The van der Waals surface area contributed by atoms with E-state index >= 15 is 0 Å². The van der Waals surface area contributed by atoms with E-state index in [1.165, 1.54) is 12.8 Å². The van der Waals surface area contributed by atoms with E-state index in [1.807, 2.05) is 36.5 Å². The number of hydrogen-bond acceptors (Lipinski definition) is 2. The third-order valence-corrected chi connectivity index (χ3v) is 4.77. The van der Waals surface area contributed by atoms with E-state index in [0.29, 0.717) is 0 Å². The number of amides is 2. The van der Waals surface area contributed by atoms with E-state index in [-0.39, 0.29) is 11.6 Å². The largest absolute Gasteiger partial charge is 0.330 e. The zero-order chi connectivity index (χ0) is 15.0. The zero-order valence-corrected chi connectivity index (χ0v) is 12.5. The van der Waals surface area contributed by atoms with Gasteiger partial charge < -0.3 is 5.32 Å². The molecule has 0 atom stereocenters. The maximum absolute atomic E-state index is 12.3. The minimum atomic E-state index is -0.0170. The summed E-state index contributed by atoms with van der Waals surface area (Å²) in [6.45, 7) is 0.740. The molecule has 2 amide bonds. The summed E-state index contributed by atoms with van der Waals surface area (Å²) in [6.07, 6.45) is 6.41. The van der Waals surface area contributed by atoms with Crippen LogP contribution in [0, 0.1) is 0 Å². The number of anilines is 1. The lowest BCUT2D eigenvalue weighted by molar-refractivity contribution is 0.247. The molecule has 4 rings (SSSR count). The highest BCUT2D eigenvalue weighted by atomic mass is 16.2. The molecular formula is C18H19N3O. The van der Waals surface area contributed by atoms with Crippen molar-refractivity contribution in [3.05, 3.63) is 48.7 Å². The van der Waals surface area contributed by atoms with Crippen LogP contribution in [0.1, 0.15) is 25.7 Å². The fraction of sp³-hybridized carbons (Fsp3) is 0.333. The number of pyridine rings is 1. The maximum atomic E-state index is 12.3. The van der Waals surface area contributed by atoms with E-state index in [0.717, 1.165) is 36.3 Å². The second-order valence-corrected chi connectivity index (χ2v) is 6.27. The Hall–Kier alpha value is -2.36. The lowest BCUT2D eigenvalue weighted by atomic mass is 9.99. The number of benzene rings is 1. The van der Waals surface area contributed by atoms with Gasteiger partial charge in [0.25, 0.3) is 0 Å². The van der Waals surface area contributed by atoms with Crippen molar-refractivity contribution < 1.29 is 4.79 Å². The molecule has 22 heavy (non-hydrogen) atoms. The van der Waals surface area contributed by atoms with Crippen LogP contribution in [-0.2, 0) is 0 Å². The van der Waals surface area contributed by atoms with Crippen LogP contribution in [-0.4, -0.2) is 23.1 Å². The second-order valence-electron chi connectivity index (χ2n) is 6.27. The SMILES string of the molecule is O=C1NC2(CCCC2)CN1c1ccc(-c2ccccc2)cn1. The lowest BCUT2D eigenvalue weighted by Crippen LogP contribution is -2.40. The predicted octanol–water partition coefficient (Wildman–Crippen LogP) is 3.59. The fourth-order valence-electron chi connectivity index (χ4n) is 3.58. The molecule has 2 heterocycles. The average molecular weight is 293 g/mol. The number of nitrogens with one attached hydrogen (secondary N) is 1. The summed E-state index contributed by atoms with van der Waals surface area (Å²) in [5.41, 5.74) is 2.19. The highest BCUT2D eigenvalue weighted by Crippen LogP contribution is 2.35. The third kappa shape index (κ3) is 2.25. The van der Waals surface area contributed by atoms with Crippen LogP contribution < -0.4 is 10.2 Å². The van der Waals surface area contributed by atoms with Gasteiger partial charge in [-0.25, -0.2) is 9.78 Å². The van der Waals surface area contributed by atoms with E-state index in [2.05, 4.69) is 22.4 Å². The van der Waals surface area contributed by atoms with Crippen molar-refractivity contribution in [1.29, 1.82) is 0 Å². The number of rotatable bonds is 2. The van der Waals surface area contributed by atoms with Gasteiger partial charge in [0, 0.05) is 11.8 Å². The molecule has 1 aromatic carbocycles. The number of urea groups is 1. The first kappa shape index (κ1) is 13.3. The second kappa shape index (κ2) is 5.13. The van der Waals surface area contributed by atoms with Crippen LogP contribution >= 0.6 is 0 Å². The van der Waals surface area contributed by atoms with Crippen molar-refractivity contribution in [1.82, 2.24) is 10.3 Å². The zero-order valence-electron chi connectivity index (χ0n) is 12.5. The van der Waals surface area contributed by atoms with Crippen molar-refractivity contribution in [2.45, 2.75) is 31.2 Å². The molecule has 1 spiro atoms. The lowest BCUT2D eigenvalue weighted by Gasteiger charge is -2.21. The van der Waals surface area contributed by atoms with Gasteiger partial charge in [0.15, 0.2) is 0 Å². The molecule has 1 aromatic heterocycles. The number of nitrogens with zero attached hydrogens (tertiary/aromatic N) is 2. The van der Waals surface area contributed by atoms with Gasteiger partial charge in [-0.2, -0.15) is 0 Å². The molecule has 1 saturated heterocycles. The van der Waals surface area contributed by atoms with Gasteiger partial charge in [0.2, 0.25) is 0 Å². The monoisotopic (exact) mass is 293 g/mol. The van der Waals surface area contributed by atoms with E-state index < -0.39 is 0 Å². The Kier molecular flexibility index (Phi) is 3.10. The molecule has 1 saturated carbocycles. The summed E-state index contributed by atoms with van der Waals surface area (Å²) in [6, 6.07) is 14.1. The van der Waals surface area contributed by atoms with Gasteiger partial charge in [-0.15, -0.1) is 0 Å². The summed E-state index contributed by atoms with van der Waals surface area (Å²) >= 11 is 0. The molecule has 1 N–H and O–H groups in total. The normalized spacial score (nSPS) is 19.6. The standard InChI is InChI=1S/C18H19N3O/c22-17-20-18(10-4-5-11-18)13-21(17)16-9-8-15(12-19-16)14-6-2-1-3-7-14/h1-3,6-9,12H,4-5,10-11,13H2,(H,20,22). The molecular weight excluding hydrogens is 274 g/mol. The molecule has 2 aliphatic rings. The Morgan fingerprint density at radius 3 is 2.45 bits per heavy atom. The molecule has 0 radical (unpaired) electrons. The van der Waals surface area contributed by atoms with Crippen molar-refractivity contribution >= 4 is 11.8 Å². The van der Waals surface area contributed by atoms with Crippen molar-refractivity contribution in [3.8, 4) is 11.1 Å². The van der Waals surface area contributed by atoms with Crippen LogP contribution in [0.3, 0.4) is 0 Å². The van der Waals surface area contributed by atoms with Gasteiger partial charge >= 0.3 is 6.03 Å². The Bertz CT molecular complexity index is 675. The Morgan fingerprint density at radius 2 is 1.77 bits per heavy atom. The summed E-state index contributed by atoms with van der Waals surface area (Å²) in [4.78, 5) is 18.6. The molecule has 2 fully saturated rings. The smallest absolute Gasteiger partial charge is 0.323 e. The molecule has 0 bridgehead atoms. The first-order valence-corrected chi connectivity index (χ1v) is 7.87. The van der Waals surface area contributed by atoms with Gasteiger partial charge in [-0.1, -0.05) is 43.2 Å². The molecule has 2 aromatic rings.